The van der Waals surface area contributed by atoms with Crippen molar-refractivity contribution in [2.24, 2.45) is 22.4 Å². The van der Waals surface area contributed by atoms with Crippen LogP contribution >= 0.6 is 0 Å². The first-order valence-electron chi connectivity index (χ1n) is 16.8. The molecule has 1 saturated heterocycles. The molecule has 3 amide bonds. The number of guanidine groups is 1. The number of alkyl carbamates (subject to hydrolysis) is 1. The van der Waals surface area contributed by atoms with Gasteiger partial charge >= 0.3 is 6.09 Å². The molecule has 4 aromatic rings. The van der Waals surface area contributed by atoms with Crippen LogP contribution in [0.2, 0.25) is 0 Å². The van der Waals surface area contributed by atoms with Gasteiger partial charge in [0.25, 0.3) is 5.89 Å². The van der Waals surface area contributed by atoms with E-state index >= 15 is 0 Å². The maximum atomic E-state index is 14.2. The molecule has 1 fully saturated rings. The highest BCUT2D eigenvalue weighted by Crippen LogP contribution is 2.26. The molecule has 0 aliphatic carbocycles. The summed E-state index contributed by atoms with van der Waals surface area (Å²) in [5, 5.41) is 5.63. The number of fused-ring (bicyclic) bond motifs is 1. The zero-order valence-corrected chi connectivity index (χ0v) is 28.0. The summed E-state index contributed by atoms with van der Waals surface area (Å²) in [6, 6.07) is 23.0. The van der Waals surface area contributed by atoms with E-state index in [2.05, 4.69) is 20.6 Å². The number of nitrogens with two attached hydrogens (primary N) is 2. The second-order valence-corrected chi connectivity index (χ2v) is 12.4. The Labute approximate surface area is 290 Å². The lowest BCUT2D eigenvalue weighted by Crippen LogP contribution is -2.56. The third kappa shape index (κ3) is 9.46. The van der Waals surface area contributed by atoms with Crippen LogP contribution in [-0.4, -0.2) is 70.7 Å². The number of carbonyl (C=O) groups excluding carboxylic acids is 4. The van der Waals surface area contributed by atoms with Crippen molar-refractivity contribution in [3.05, 3.63) is 102 Å². The summed E-state index contributed by atoms with van der Waals surface area (Å²) >= 11 is 0. The van der Waals surface area contributed by atoms with Crippen LogP contribution < -0.4 is 22.1 Å². The number of benzene rings is 3. The van der Waals surface area contributed by atoms with Crippen LogP contribution in [0, 0.1) is 5.92 Å². The van der Waals surface area contributed by atoms with Crippen molar-refractivity contribution in [3.63, 3.8) is 0 Å². The normalized spacial score (nSPS) is 16.7. The summed E-state index contributed by atoms with van der Waals surface area (Å²) in [7, 11) is 0. The number of hydrogen-bond acceptors (Lipinski definition) is 8. The Hall–Kier alpha value is -5.72. The second-order valence-electron chi connectivity index (χ2n) is 12.4. The van der Waals surface area contributed by atoms with Gasteiger partial charge in [-0.2, -0.15) is 0 Å². The number of ether oxygens (including phenoxy) is 1. The molecular weight excluding hydrogens is 638 g/mol. The smallest absolute Gasteiger partial charge is 0.408 e. The molecule has 50 heavy (non-hydrogen) atoms. The van der Waals surface area contributed by atoms with E-state index < -0.39 is 41.8 Å². The number of carbonyl (C=O) groups is 4. The molecule has 0 bridgehead atoms. The van der Waals surface area contributed by atoms with Crippen LogP contribution in [0.3, 0.4) is 0 Å². The van der Waals surface area contributed by atoms with Gasteiger partial charge in [0.15, 0.2) is 11.5 Å². The fourth-order valence-electron chi connectivity index (χ4n) is 6.07. The number of para-hydroxylation sites is 2. The van der Waals surface area contributed by atoms with E-state index in [0.717, 1.165) is 11.1 Å². The van der Waals surface area contributed by atoms with Gasteiger partial charge in [0, 0.05) is 13.1 Å². The molecule has 0 saturated carbocycles. The van der Waals surface area contributed by atoms with Gasteiger partial charge in [0.05, 0.1) is 6.04 Å². The highest BCUT2D eigenvalue weighted by atomic mass is 16.5. The van der Waals surface area contributed by atoms with Crippen molar-refractivity contribution in [1.29, 1.82) is 0 Å². The predicted molar refractivity (Wildman–Crippen MR) is 188 cm³/mol. The Morgan fingerprint density at radius 3 is 2.30 bits per heavy atom. The van der Waals surface area contributed by atoms with Crippen molar-refractivity contribution in [2.75, 3.05) is 13.1 Å². The molecule has 5 rings (SSSR count). The molecular formula is C37H43N7O6. The van der Waals surface area contributed by atoms with E-state index in [1.54, 1.807) is 24.3 Å². The number of aliphatic imine (C=N–C) groups is 1. The third-order valence-corrected chi connectivity index (χ3v) is 8.70. The topological polar surface area (TPSA) is 195 Å². The van der Waals surface area contributed by atoms with Crippen molar-refractivity contribution in [1.82, 2.24) is 20.5 Å². The zero-order valence-electron chi connectivity index (χ0n) is 28.0. The van der Waals surface area contributed by atoms with Crippen LogP contribution in [0.5, 0.6) is 0 Å². The lowest BCUT2D eigenvalue weighted by Gasteiger charge is -2.31. The quantitative estimate of drug-likeness (QED) is 0.0626. The molecule has 1 aliphatic rings. The average molecular weight is 682 g/mol. The largest absolute Gasteiger partial charge is 0.445 e. The van der Waals surface area contributed by atoms with Gasteiger partial charge in [-0.05, 0) is 61.3 Å². The molecule has 0 spiro atoms. The molecule has 3 aromatic carbocycles. The van der Waals surface area contributed by atoms with Crippen molar-refractivity contribution >= 4 is 40.8 Å². The Morgan fingerprint density at radius 2 is 1.60 bits per heavy atom. The summed E-state index contributed by atoms with van der Waals surface area (Å²) in [6.45, 7) is 2.47. The first-order valence-corrected chi connectivity index (χ1v) is 16.8. The number of aryl methyl sites for hydroxylation is 1. The first-order chi connectivity index (χ1) is 24.2. The van der Waals surface area contributed by atoms with Crippen LogP contribution in [-0.2, 0) is 27.4 Å². The minimum atomic E-state index is -1.02. The lowest BCUT2D eigenvalue weighted by molar-refractivity contribution is -0.141. The standard InChI is InChI=1S/C37H43N7O6/c1-24-20-22-44(35(47)29(19-18-25-11-4-2-5-12-25)43-37(48)49-23-26-13-6-3-7-14-26)31(24)33(46)41-28(16-10-21-40-36(38)39)32(45)34-42-27-15-8-9-17-30(27)50-34/h2-9,11-15,17,24,28-29,31H,10,16,18-23H2,1H3,(H,41,46)(H,43,48)(H4,38,39,40)/t24-,28-,29+,31-/m0/s1. The SMILES string of the molecule is C[C@H]1CCN(C(=O)[C@@H](CCc2ccccc2)NC(=O)OCc2ccccc2)[C@@H]1C(=O)N[C@@H](CCCN=C(N)N)C(=O)c1nc2ccccc2o1. The number of hydrogen-bond donors (Lipinski definition) is 4. The molecule has 13 nitrogen and oxygen atoms in total. The maximum Gasteiger partial charge on any atom is 0.408 e. The van der Waals surface area contributed by atoms with Gasteiger partial charge < -0.3 is 36.2 Å². The first kappa shape index (κ1) is 35.6. The van der Waals surface area contributed by atoms with Crippen LogP contribution in [0.4, 0.5) is 4.79 Å². The molecule has 4 atom stereocenters. The molecule has 6 N–H and O–H groups in total. The molecule has 0 unspecified atom stereocenters. The molecule has 262 valence electrons. The van der Waals surface area contributed by atoms with E-state index in [1.165, 1.54) is 4.90 Å². The summed E-state index contributed by atoms with van der Waals surface area (Å²) in [5.41, 5.74) is 13.7. The van der Waals surface area contributed by atoms with Gasteiger partial charge in [0.2, 0.25) is 17.6 Å². The molecule has 2 heterocycles. The fourth-order valence-corrected chi connectivity index (χ4v) is 6.07. The van der Waals surface area contributed by atoms with Crippen LogP contribution in [0.1, 0.15) is 54.4 Å². The van der Waals surface area contributed by atoms with E-state index in [4.69, 9.17) is 20.6 Å². The van der Waals surface area contributed by atoms with Gasteiger partial charge in [0.1, 0.15) is 24.2 Å². The van der Waals surface area contributed by atoms with Crippen molar-refractivity contribution in [3.8, 4) is 0 Å². The summed E-state index contributed by atoms with van der Waals surface area (Å²) in [4.78, 5) is 64.7. The molecule has 0 radical (unpaired) electrons. The number of ketones is 1. The van der Waals surface area contributed by atoms with Crippen molar-refractivity contribution in [2.45, 2.75) is 63.8 Å². The zero-order chi connectivity index (χ0) is 35.5. The van der Waals surface area contributed by atoms with Gasteiger partial charge in [-0.3, -0.25) is 19.4 Å². The van der Waals surface area contributed by atoms with E-state index in [-0.39, 0.29) is 43.8 Å². The minimum Gasteiger partial charge on any atom is -0.445 e. The Kier molecular flexibility index (Phi) is 12.2. The van der Waals surface area contributed by atoms with Crippen LogP contribution in [0.15, 0.2) is 94.3 Å². The third-order valence-electron chi connectivity index (χ3n) is 8.70. The molecule has 13 heteroatoms. The highest BCUT2D eigenvalue weighted by Gasteiger charge is 2.43. The molecule has 1 aliphatic heterocycles. The highest BCUT2D eigenvalue weighted by molar-refractivity contribution is 6.01. The monoisotopic (exact) mass is 681 g/mol. The van der Waals surface area contributed by atoms with Crippen molar-refractivity contribution < 1.29 is 28.3 Å². The maximum absolute atomic E-state index is 14.2. The minimum absolute atomic E-state index is 0.0384. The van der Waals surface area contributed by atoms with Crippen LogP contribution in [0.25, 0.3) is 11.1 Å². The number of aromatic nitrogens is 1. The predicted octanol–water partition coefficient (Wildman–Crippen LogP) is 3.71. The Morgan fingerprint density at radius 1 is 0.920 bits per heavy atom. The summed E-state index contributed by atoms with van der Waals surface area (Å²) in [5.74, 6) is -1.84. The lowest BCUT2D eigenvalue weighted by atomic mass is 9.99. The number of nitrogens with zero attached hydrogens (tertiary/aromatic N) is 3. The fraction of sp³-hybridized carbons (Fsp3) is 0.351. The Balaban J connectivity index is 1.32. The van der Waals surface area contributed by atoms with E-state index in [9.17, 15) is 19.2 Å². The number of amides is 3. The Bertz CT molecular complexity index is 1760. The summed E-state index contributed by atoms with van der Waals surface area (Å²) < 4.78 is 11.2. The van der Waals surface area contributed by atoms with Gasteiger partial charge in [-0.25, -0.2) is 9.78 Å². The number of likely N-dealkylation sites (tertiary alicyclic amines) is 1. The molecule has 1 aromatic heterocycles. The summed E-state index contributed by atoms with van der Waals surface area (Å²) in [6.07, 6.45) is 1.19. The number of nitrogens with one attached hydrogen (secondary N) is 2. The number of Topliss-reactive ketones (excluding diaryl/α,β-unsaturated/α-hetero) is 1. The number of rotatable bonds is 15. The van der Waals surface area contributed by atoms with Gasteiger partial charge in [-0.15, -0.1) is 0 Å². The van der Waals surface area contributed by atoms with E-state index in [0.29, 0.717) is 36.9 Å². The average Bonchev–Trinajstić information content (AvgIpc) is 3.74. The number of oxazole rings is 1. The second kappa shape index (κ2) is 17.1. The van der Waals surface area contributed by atoms with E-state index in [1.807, 2.05) is 67.6 Å². The van der Waals surface area contributed by atoms with Gasteiger partial charge in [-0.1, -0.05) is 79.7 Å².